The quantitative estimate of drug-likeness (QED) is 0.421. The summed E-state index contributed by atoms with van der Waals surface area (Å²) in [4.78, 5) is 18.6. The van der Waals surface area contributed by atoms with E-state index in [4.69, 9.17) is 15.5 Å². The Kier molecular flexibility index (Phi) is 6.42. The molecule has 2 aromatic carbocycles. The Hall–Kier alpha value is -3.84. The second-order valence-corrected chi connectivity index (χ2v) is 9.24. The highest BCUT2D eigenvalue weighted by atomic mass is 16.5. The van der Waals surface area contributed by atoms with Crippen LogP contribution in [0.4, 0.5) is 0 Å². The van der Waals surface area contributed by atoms with E-state index in [9.17, 15) is 9.90 Å². The average Bonchev–Trinajstić information content (AvgIpc) is 3.26. The van der Waals surface area contributed by atoms with Crippen molar-refractivity contribution in [1.82, 2.24) is 14.5 Å². The van der Waals surface area contributed by atoms with Crippen molar-refractivity contribution in [2.75, 3.05) is 20.2 Å². The lowest BCUT2D eigenvalue weighted by molar-refractivity contribution is 0.0997. The van der Waals surface area contributed by atoms with Crippen molar-refractivity contribution in [3.05, 3.63) is 89.2 Å². The molecular weight excluding hydrogens is 440 g/mol. The number of likely N-dealkylation sites (tertiary alicyclic amines) is 1. The van der Waals surface area contributed by atoms with Crippen LogP contribution in [0, 0.1) is 0 Å². The molecule has 35 heavy (non-hydrogen) atoms. The van der Waals surface area contributed by atoms with Gasteiger partial charge in [-0.25, -0.2) is 4.98 Å². The molecule has 1 amide bonds. The molecule has 0 unspecified atom stereocenters. The first kappa shape index (κ1) is 22.9. The first-order valence-electron chi connectivity index (χ1n) is 11.9. The molecule has 5 rings (SSSR count). The van der Waals surface area contributed by atoms with Gasteiger partial charge in [-0.05, 0) is 84.9 Å². The fraction of sp³-hybridized carbons (Fsp3) is 0.286. The van der Waals surface area contributed by atoms with Crippen molar-refractivity contribution in [2.45, 2.75) is 31.8 Å². The number of pyridine rings is 1. The molecule has 0 bridgehead atoms. The maximum absolute atomic E-state index is 11.3. The van der Waals surface area contributed by atoms with E-state index in [0.29, 0.717) is 12.5 Å². The van der Waals surface area contributed by atoms with Crippen molar-refractivity contribution in [3.8, 4) is 11.5 Å². The second kappa shape index (κ2) is 9.80. The Morgan fingerprint density at radius 3 is 2.49 bits per heavy atom. The van der Waals surface area contributed by atoms with Crippen molar-refractivity contribution in [1.29, 1.82) is 0 Å². The number of hydrogen-bond donors (Lipinski definition) is 2. The van der Waals surface area contributed by atoms with E-state index in [1.54, 1.807) is 25.3 Å². The van der Waals surface area contributed by atoms with Crippen LogP contribution in [0.3, 0.4) is 0 Å². The number of aromatic hydroxyl groups is 1. The topological polar surface area (TPSA) is 93.6 Å². The zero-order valence-corrected chi connectivity index (χ0v) is 19.9. The molecule has 3 heterocycles. The van der Waals surface area contributed by atoms with E-state index in [2.05, 4.69) is 33.7 Å². The second-order valence-electron chi connectivity index (χ2n) is 9.24. The number of ether oxygens (including phenoxy) is 1. The van der Waals surface area contributed by atoms with Crippen LogP contribution in [0.25, 0.3) is 11.0 Å². The number of carbonyl (C=O) groups excluding carboxylic acids is 1. The number of fused-ring (bicyclic) bond motifs is 1. The first-order valence-corrected chi connectivity index (χ1v) is 11.9. The summed E-state index contributed by atoms with van der Waals surface area (Å²) in [6.45, 7) is 3.65. The number of nitrogens with two attached hydrogens (primary N) is 1. The molecule has 1 saturated heterocycles. The van der Waals surface area contributed by atoms with Crippen LogP contribution in [0.1, 0.15) is 45.8 Å². The predicted octanol–water partition coefficient (Wildman–Crippen LogP) is 4.28. The molecule has 7 heteroatoms. The fourth-order valence-electron chi connectivity index (χ4n) is 4.94. The van der Waals surface area contributed by atoms with Gasteiger partial charge in [-0.1, -0.05) is 18.2 Å². The van der Waals surface area contributed by atoms with Gasteiger partial charge in [-0.2, -0.15) is 0 Å². The first-order chi connectivity index (χ1) is 17.0. The monoisotopic (exact) mass is 470 g/mol. The lowest BCUT2D eigenvalue weighted by Crippen LogP contribution is -2.32. The molecular formula is C28H30N4O3. The minimum atomic E-state index is -0.638. The van der Waals surface area contributed by atoms with E-state index in [-0.39, 0.29) is 11.3 Å². The number of hydrogen-bond acceptors (Lipinski definition) is 5. The normalized spacial score (nSPS) is 14.9. The van der Waals surface area contributed by atoms with Gasteiger partial charge < -0.3 is 20.1 Å². The number of piperidine rings is 1. The third-order valence-electron chi connectivity index (χ3n) is 6.93. The molecule has 0 saturated carbocycles. The van der Waals surface area contributed by atoms with Crippen LogP contribution in [0.15, 0.2) is 67.0 Å². The van der Waals surface area contributed by atoms with Crippen LogP contribution >= 0.6 is 0 Å². The van der Waals surface area contributed by atoms with Crippen molar-refractivity contribution >= 4 is 16.9 Å². The zero-order valence-electron chi connectivity index (χ0n) is 19.9. The lowest BCUT2D eigenvalue weighted by Gasteiger charge is -2.32. The summed E-state index contributed by atoms with van der Waals surface area (Å²) >= 11 is 0. The Morgan fingerprint density at radius 1 is 1.06 bits per heavy atom. The molecule has 2 aromatic heterocycles. The van der Waals surface area contributed by atoms with Crippen LogP contribution < -0.4 is 10.5 Å². The van der Waals surface area contributed by atoms with Crippen molar-refractivity contribution in [2.24, 2.45) is 5.73 Å². The van der Waals surface area contributed by atoms with Gasteiger partial charge in [-0.3, -0.25) is 9.69 Å². The molecule has 4 aromatic rings. The van der Waals surface area contributed by atoms with Gasteiger partial charge in [0.05, 0.1) is 12.7 Å². The van der Waals surface area contributed by atoms with E-state index < -0.39 is 5.91 Å². The van der Waals surface area contributed by atoms with Gasteiger partial charge in [0.25, 0.3) is 5.91 Å². The Morgan fingerprint density at radius 2 is 1.80 bits per heavy atom. The number of carbonyl (C=O) groups is 1. The number of methoxy groups -OCH3 is 1. The zero-order chi connectivity index (χ0) is 24.4. The Balaban J connectivity index is 1.23. The molecule has 0 atom stereocenters. The minimum Gasteiger partial charge on any atom is -0.507 e. The third kappa shape index (κ3) is 5.00. The molecule has 1 aliphatic heterocycles. The molecule has 1 aliphatic rings. The maximum atomic E-state index is 11.3. The van der Waals surface area contributed by atoms with Gasteiger partial charge in [0.15, 0.2) is 0 Å². The smallest absolute Gasteiger partial charge is 0.252 e. The van der Waals surface area contributed by atoms with Gasteiger partial charge in [-0.15, -0.1) is 0 Å². The molecule has 0 aliphatic carbocycles. The molecule has 7 nitrogen and oxygen atoms in total. The Bertz CT molecular complexity index is 1340. The van der Waals surface area contributed by atoms with Crippen LogP contribution in [-0.2, 0) is 13.1 Å². The third-order valence-corrected chi connectivity index (χ3v) is 6.93. The van der Waals surface area contributed by atoms with Crippen molar-refractivity contribution < 1.29 is 14.6 Å². The maximum Gasteiger partial charge on any atom is 0.252 e. The molecule has 0 spiro atoms. The summed E-state index contributed by atoms with van der Waals surface area (Å²) in [6.07, 6.45) is 6.26. The van der Waals surface area contributed by atoms with E-state index in [0.717, 1.165) is 54.8 Å². The number of phenols is 1. The van der Waals surface area contributed by atoms with Crippen LogP contribution in [0.2, 0.25) is 0 Å². The van der Waals surface area contributed by atoms with Crippen LogP contribution in [-0.4, -0.2) is 45.7 Å². The molecule has 180 valence electrons. The van der Waals surface area contributed by atoms with Gasteiger partial charge in [0.2, 0.25) is 0 Å². The highest BCUT2D eigenvalue weighted by molar-refractivity contribution is 5.95. The fourth-order valence-corrected chi connectivity index (χ4v) is 4.94. The number of aromatic nitrogens is 2. The molecule has 3 N–H and O–H groups in total. The molecule has 0 radical (unpaired) electrons. The highest BCUT2D eigenvalue weighted by Crippen LogP contribution is 2.30. The standard InChI is InChI=1S/C28H30N4O3/c1-35-24-5-2-19(3-6-24)17-31-11-8-21(9-12-31)23-15-22-10-13-32(28(22)30-16-23)18-20-4-7-25(27(29)34)26(33)14-20/h2-7,10,13-16,21,33H,8-9,11-12,17-18H2,1H3,(H2,29,34). The van der Waals surface area contributed by atoms with E-state index in [1.165, 1.54) is 11.1 Å². The summed E-state index contributed by atoms with van der Waals surface area (Å²) in [5.41, 5.74) is 9.80. The van der Waals surface area contributed by atoms with Gasteiger partial charge in [0.1, 0.15) is 17.1 Å². The summed E-state index contributed by atoms with van der Waals surface area (Å²) in [6, 6.07) is 17.6. The summed E-state index contributed by atoms with van der Waals surface area (Å²) in [5.74, 6) is 0.672. The predicted molar refractivity (Wildman–Crippen MR) is 136 cm³/mol. The lowest BCUT2D eigenvalue weighted by atomic mass is 9.90. The molecule has 1 fully saturated rings. The van der Waals surface area contributed by atoms with Crippen LogP contribution in [0.5, 0.6) is 11.5 Å². The van der Waals surface area contributed by atoms with E-state index >= 15 is 0 Å². The largest absolute Gasteiger partial charge is 0.507 e. The van der Waals surface area contributed by atoms with Crippen molar-refractivity contribution in [3.63, 3.8) is 0 Å². The SMILES string of the molecule is COc1ccc(CN2CCC(c3cnc4c(ccn4Cc4ccc(C(N)=O)c(O)c4)c3)CC2)cc1. The van der Waals surface area contributed by atoms with Gasteiger partial charge in [0, 0.05) is 30.9 Å². The average molecular weight is 471 g/mol. The summed E-state index contributed by atoms with van der Waals surface area (Å²) in [7, 11) is 1.69. The summed E-state index contributed by atoms with van der Waals surface area (Å²) in [5, 5.41) is 11.2. The summed E-state index contributed by atoms with van der Waals surface area (Å²) < 4.78 is 7.31. The number of amides is 1. The number of benzene rings is 2. The number of rotatable bonds is 7. The Labute approximate surface area is 204 Å². The highest BCUT2D eigenvalue weighted by Gasteiger charge is 2.21. The number of nitrogens with zero attached hydrogens (tertiary/aromatic N) is 3. The number of primary amides is 1. The van der Waals surface area contributed by atoms with Gasteiger partial charge >= 0.3 is 0 Å². The van der Waals surface area contributed by atoms with E-state index in [1.807, 2.05) is 24.5 Å². The minimum absolute atomic E-state index is 0.0972.